The molecule has 2 rings (SSSR count). The molecule has 0 aliphatic heterocycles. The summed E-state index contributed by atoms with van der Waals surface area (Å²) in [5, 5.41) is 2.67. The predicted octanol–water partition coefficient (Wildman–Crippen LogP) is 3.48. The number of allylic oxidation sites excluding steroid dienone is 2. The summed E-state index contributed by atoms with van der Waals surface area (Å²) in [7, 11) is 3.10. The van der Waals surface area contributed by atoms with E-state index in [2.05, 4.69) is 5.32 Å². The average molecular weight is 337 g/mol. The number of benzene rings is 2. The predicted molar refractivity (Wildman–Crippen MR) is 97.8 cm³/mol. The maximum absolute atomic E-state index is 11.8. The maximum atomic E-state index is 11.8. The van der Waals surface area contributed by atoms with E-state index in [0.29, 0.717) is 17.2 Å². The van der Waals surface area contributed by atoms with Crippen LogP contribution in [0, 0.1) is 0 Å². The van der Waals surface area contributed by atoms with Gasteiger partial charge >= 0.3 is 0 Å². The van der Waals surface area contributed by atoms with Crippen molar-refractivity contribution in [3.05, 3.63) is 72.3 Å². The van der Waals surface area contributed by atoms with Gasteiger partial charge in [0.25, 0.3) is 0 Å². The molecule has 0 spiro atoms. The summed E-state index contributed by atoms with van der Waals surface area (Å²) in [5.41, 5.74) is 1.46. The van der Waals surface area contributed by atoms with Crippen LogP contribution in [0.15, 0.2) is 66.8 Å². The molecular formula is C20H19NO4. The Morgan fingerprint density at radius 3 is 2.28 bits per heavy atom. The fourth-order valence-corrected chi connectivity index (χ4v) is 2.05. The van der Waals surface area contributed by atoms with Gasteiger partial charge in [0.2, 0.25) is 5.91 Å². The summed E-state index contributed by atoms with van der Waals surface area (Å²) in [6, 6.07) is 14.3. The lowest BCUT2D eigenvalue weighted by Crippen LogP contribution is -2.08. The maximum Gasteiger partial charge on any atom is 0.248 e. The minimum atomic E-state index is -0.362. The van der Waals surface area contributed by atoms with Crippen LogP contribution >= 0.6 is 0 Å². The molecule has 2 aromatic carbocycles. The quantitative estimate of drug-likeness (QED) is 0.786. The highest BCUT2D eigenvalue weighted by Gasteiger charge is 2.03. The summed E-state index contributed by atoms with van der Waals surface area (Å²) >= 11 is 0. The van der Waals surface area contributed by atoms with Crippen LogP contribution in [0.4, 0.5) is 5.69 Å². The van der Waals surface area contributed by atoms with Gasteiger partial charge in [0, 0.05) is 11.8 Å². The number of hydrogen-bond acceptors (Lipinski definition) is 4. The molecule has 5 heteroatoms. The molecule has 0 fully saturated rings. The van der Waals surface area contributed by atoms with E-state index >= 15 is 0 Å². The van der Waals surface area contributed by atoms with E-state index in [0.717, 1.165) is 5.56 Å². The van der Waals surface area contributed by atoms with Crippen LogP contribution in [0.3, 0.4) is 0 Å². The summed E-state index contributed by atoms with van der Waals surface area (Å²) in [6.07, 6.45) is 5.45. The summed E-state index contributed by atoms with van der Waals surface area (Å²) in [6.45, 7) is 0. The minimum absolute atomic E-state index is 0.294. The van der Waals surface area contributed by atoms with Crippen molar-refractivity contribution in [3.8, 4) is 11.5 Å². The SMILES string of the molecule is COc1ccc(C=CC(=O)C=CC(=O)Nc2ccccc2)cc1OC. The molecule has 0 bridgehead atoms. The molecule has 5 nitrogen and oxygen atoms in total. The fraction of sp³-hybridized carbons (Fsp3) is 0.100. The number of anilines is 1. The number of para-hydroxylation sites is 1. The highest BCUT2D eigenvalue weighted by Crippen LogP contribution is 2.27. The zero-order valence-corrected chi connectivity index (χ0v) is 14.1. The number of methoxy groups -OCH3 is 2. The zero-order valence-electron chi connectivity index (χ0n) is 14.1. The number of carbonyl (C=O) groups is 2. The van der Waals surface area contributed by atoms with Crippen molar-refractivity contribution in [3.63, 3.8) is 0 Å². The van der Waals surface area contributed by atoms with E-state index < -0.39 is 0 Å². The molecule has 1 N–H and O–H groups in total. The molecule has 0 unspecified atom stereocenters. The molecule has 2 aromatic rings. The van der Waals surface area contributed by atoms with Crippen molar-refractivity contribution in [1.29, 1.82) is 0 Å². The van der Waals surface area contributed by atoms with Gasteiger partial charge in [0.05, 0.1) is 14.2 Å². The first-order valence-corrected chi connectivity index (χ1v) is 7.60. The summed E-state index contributed by atoms with van der Waals surface area (Å²) in [4.78, 5) is 23.6. The molecule has 128 valence electrons. The van der Waals surface area contributed by atoms with Gasteiger partial charge in [-0.25, -0.2) is 0 Å². The van der Waals surface area contributed by atoms with Crippen molar-refractivity contribution in [2.75, 3.05) is 19.5 Å². The third-order valence-corrected chi connectivity index (χ3v) is 3.29. The normalized spacial score (nSPS) is 10.8. The Bertz CT molecular complexity index is 795. The van der Waals surface area contributed by atoms with Gasteiger partial charge in [-0.15, -0.1) is 0 Å². The highest BCUT2D eigenvalue weighted by atomic mass is 16.5. The van der Waals surface area contributed by atoms with Crippen LogP contribution < -0.4 is 14.8 Å². The van der Waals surface area contributed by atoms with Gasteiger partial charge in [-0.2, -0.15) is 0 Å². The minimum Gasteiger partial charge on any atom is -0.493 e. The Balaban J connectivity index is 1.95. The van der Waals surface area contributed by atoms with Crippen LogP contribution in [0.25, 0.3) is 6.08 Å². The first-order valence-electron chi connectivity index (χ1n) is 7.60. The van der Waals surface area contributed by atoms with E-state index in [9.17, 15) is 9.59 Å². The van der Waals surface area contributed by atoms with Gasteiger partial charge in [0.15, 0.2) is 17.3 Å². The van der Waals surface area contributed by atoms with Crippen molar-refractivity contribution in [2.24, 2.45) is 0 Å². The fourth-order valence-electron chi connectivity index (χ4n) is 2.05. The van der Waals surface area contributed by atoms with E-state index in [1.165, 1.54) is 18.2 Å². The van der Waals surface area contributed by atoms with Crippen molar-refractivity contribution in [2.45, 2.75) is 0 Å². The molecule has 0 radical (unpaired) electrons. The number of rotatable bonds is 7. The smallest absolute Gasteiger partial charge is 0.248 e. The number of carbonyl (C=O) groups excluding carboxylic acids is 2. The van der Waals surface area contributed by atoms with Crippen molar-refractivity contribution < 1.29 is 19.1 Å². The molecule has 0 aliphatic rings. The average Bonchev–Trinajstić information content (AvgIpc) is 2.65. The number of amides is 1. The van der Waals surface area contributed by atoms with E-state index in [1.807, 2.05) is 18.2 Å². The van der Waals surface area contributed by atoms with E-state index in [4.69, 9.17) is 9.47 Å². The van der Waals surface area contributed by atoms with Crippen LogP contribution in [-0.2, 0) is 9.59 Å². The van der Waals surface area contributed by atoms with Gasteiger partial charge in [-0.1, -0.05) is 30.3 Å². The third kappa shape index (κ3) is 5.66. The number of ketones is 1. The van der Waals surface area contributed by atoms with Crippen LogP contribution in [0.2, 0.25) is 0 Å². The summed E-state index contributed by atoms with van der Waals surface area (Å²) in [5.74, 6) is 0.537. The van der Waals surface area contributed by atoms with Gasteiger partial charge < -0.3 is 14.8 Å². The second-order valence-corrected chi connectivity index (χ2v) is 5.04. The molecule has 0 atom stereocenters. The molecule has 1 amide bonds. The first kappa shape index (κ1) is 18.0. The van der Waals surface area contributed by atoms with Gasteiger partial charge in [-0.05, 0) is 42.0 Å². The molecule has 0 aliphatic carbocycles. The Kier molecular flexibility index (Phi) is 6.54. The second-order valence-electron chi connectivity index (χ2n) is 5.04. The van der Waals surface area contributed by atoms with Crippen LogP contribution in [0.1, 0.15) is 5.56 Å². The molecule has 0 saturated carbocycles. The monoisotopic (exact) mass is 337 g/mol. The van der Waals surface area contributed by atoms with Crippen molar-refractivity contribution >= 4 is 23.5 Å². The third-order valence-electron chi connectivity index (χ3n) is 3.29. The zero-order chi connectivity index (χ0) is 18.1. The van der Waals surface area contributed by atoms with Gasteiger partial charge in [0.1, 0.15) is 0 Å². The number of nitrogens with one attached hydrogen (secondary N) is 1. The molecule has 25 heavy (non-hydrogen) atoms. The Hall–Kier alpha value is -3.34. The number of hydrogen-bond donors (Lipinski definition) is 1. The number of ether oxygens (including phenoxy) is 2. The van der Waals surface area contributed by atoms with Crippen LogP contribution in [-0.4, -0.2) is 25.9 Å². The second kappa shape index (κ2) is 9.08. The Labute approximate surface area is 146 Å². The van der Waals surface area contributed by atoms with E-state index in [-0.39, 0.29) is 11.7 Å². The molecule has 0 heterocycles. The molecule has 0 saturated heterocycles. The topological polar surface area (TPSA) is 64.6 Å². The Morgan fingerprint density at radius 2 is 1.60 bits per heavy atom. The molecule has 0 aromatic heterocycles. The lowest BCUT2D eigenvalue weighted by Gasteiger charge is -2.07. The lowest BCUT2D eigenvalue weighted by molar-refractivity contribution is -0.113. The first-order chi connectivity index (χ1) is 12.1. The highest BCUT2D eigenvalue weighted by molar-refractivity contribution is 6.08. The van der Waals surface area contributed by atoms with Crippen LogP contribution in [0.5, 0.6) is 11.5 Å². The molecular weight excluding hydrogens is 318 g/mol. The largest absolute Gasteiger partial charge is 0.493 e. The van der Waals surface area contributed by atoms with Crippen molar-refractivity contribution in [1.82, 2.24) is 0 Å². The van der Waals surface area contributed by atoms with E-state index in [1.54, 1.807) is 50.6 Å². The Morgan fingerprint density at radius 1 is 0.880 bits per heavy atom. The van der Waals surface area contributed by atoms with Gasteiger partial charge in [-0.3, -0.25) is 9.59 Å². The standard InChI is InChI=1S/C20H19NO4/c1-24-18-12-9-15(14-19(18)25-2)8-10-17(22)11-13-20(23)21-16-6-4-3-5-7-16/h3-14H,1-2H3,(H,21,23). The lowest BCUT2D eigenvalue weighted by atomic mass is 10.1. The summed E-state index contributed by atoms with van der Waals surface area (Å²) < 4.78 is 10.4.